The van der Waals surface area contributed by atoms with Gasteiger partial charge in [0.1, 0.15) is 24.4 Å². The first-order valence-electron chi connectivity index (χ1n) is 23.1. The van der Waals surface area contributed by atoms with Crippen molar-refractivity contribution in [2.45, 2.75) is 146 Å². The topological polar surface area (TPSA) is 205 Å². The summed E-state index contributed by atoms with van der Waals surface area (Å²) in [6.07, 6.45) is 10.4. The fourth-order valence-corrected chi connectivity index (χ4v) is 9.19. The van der Waals surface area contributed by atoms with Crippen LogP contribution in [-0.4, -0.2) is 164 Å². The summed E-state index contributed by atoms with van der Waals surface area (Å²) < 4.78 is 0. The molecule has 8 amide bonds. The Morgan fingerprint density at radius 1 is 0.919 bits per heavy atom. The number of benzene rings is 1. The van der Waals surface area contributed by atoms with E-state index in [2.05, 4.69) is 56.0 Å². The zero-order valence-corrected chi connectivity index (χ0v) is 37.4. The van der Waals surface area contributed by atoms with Crippen LogP contribution >= 0.6 is 0 Å². The number of hydrogen-bond donors (Lipinski definition) is 6. The van der Waals surface area contributed by atoms with Crippen molar-refractivity contribution in [2.75, 3.05) is 59.9 Å². The molecule has 344 valence electrons. The van der Waals surface area contributed by atoms with Crippen molar-refractivity contribution >= 4 is 42.0 Å². The number of hydrogen-bond acceptors (Lipinski definition) is 9. The number of fused-ring (bicyclic) bond motifs is 1. The Kier molecular flexibility index (Phi) is 18.8. The number of nitrogens with zero attached hydrogens (tertiary/aromatic N) is 4. The number of likely N-dealkylation sites (N-methyl/N-ethyl adjacent to an activating group) is 1. The number of nitrogens with one attached hydrogen (secondary N) is 6. The summed E-state index contributed by atoms with van der Waals surface area (Å²) in [5.41, 5.74) is 1.27. The lowest BCUT2D eigenvalue weighted by atomic mass is 9.76. The van der Waals surface area contributed by atoms with E-state index in [-0.39, 0.29) is 67.3 Å². The Morgan fingerprint density at radius 3 is 2.31 bits per heavy atom. The number of urea groups is 2. The van der Waals surface area contributed by atoms with Crippen LogP contribution in [0.3, 0.4) is 0 Å². The summed E-state index contributed by atoms with van der Waals surface area (Å²) >= 11 is 0. The molecule has 4 aliphatic rings. The lowest BCUT2D eigenvalue weighted by Crippen LogP contribution is -2.63. The van der Waals surface area contributed by atoms with Gasteiger partial charge in [-0.3, -0.25) is 19.2 Å². The first-order chi connectivity index (χ1) is 29.9. The maximum absolute atomic E-state index is 14.3. The predicted octanol–water partition coefficient (Wildman–Crippen LogP) is 2.07. The molecule has 3 heterocycles. The molecule has 1 saturated carbocycles. The van der Waals surface area contributed by atoms with E-state index in [1.807, 2.05) is 18.2 Å². The smallest absolute Gasteiger partial charge is 0.317 e. The Hall–Kier alpha value is -4.77. The zero-order chi connectivity index (χ0) is 44.6. The van der Waals surface area contributed by atoms with Gasteiger partial charge in [0.25, 0.3) is 0 Å². The molecular weight excluding hydrogens is 793 g/mol. The lowest BCUT2D eigenvalue weighted by molar-refractivity contribution is -0.145. The molecule has 62 heavy (non-hydrogen) atoms. The quantitative estimate of drug-likeness (QED) is 0.0790. The van der Waals surface area contributed by atoms with Gasteiger partial charge in [-0.05, 0) is 103 Å². The number of unbranched alkanes of at least 4 members (excludes halogenated alkanes) is 3. The van der Waals surface area contributed by atoms with Gasteiger partial charge in [0.15, 0.2) is 0 Å². The summed E-state index contributed by atoms with van der Waals surface area (Å²) in [6, 6.07) is 6.92. The van der Waals surface area contributed by atoms with Crippen molar-refractivity contribution in [1.82, 2.24) is 51.5 Å². The third-order valence-corrected chi connectivity index (χ3v) is 13.3. The van der Waals surface area contributed by atoms with Crippen molar-refractivity contribution in [2.24, 2.45) is 0 Å². The lowest BCUT2D eigenvalue weighted by Gasteiger charge is -2.40. The van der Waals surface area contributed by atoms with Crippen LogP contribution in [-0.2, 0) is 24.0 Å². The standard InChI is InChI=1S/C45H72N10O7/c1-5-40(57)49-35(30-56)28-53(24-19-36-16-13-23-52(36)4)44(61)47-21-11-6-7-12-22-48-45(62)54-25-20-37-17-18-39(55(37)43(60)38(29-54)51-41(58)31(2)46-3)42(59)50-34-26-33(27-34)32-14-9-8-10-15-32/h8-10,14-15,30-31,33-39,46H,5-7,11-13,16-29H2,1-4H3,(H,47,61)(H,48,62)(H,49,57)(H,50,59)(H,51,58)/t31?,33?,34?,35-,36-,37+,38?,39?/m0/s1. The fraction of sp³-hybridized carbons (Fsp3) is 0.711. The average Bonchev–Trinajstić information content (AvgIpc) is 3.88. The second kappa shape index (κ2) is 24.2. The zero-order valence-electron chi connectivity index (χ0n) is 37.4. The van der Waals surface area contributed by atoms with Crippen molar-refractivity contribution < 1.29 is 33.6 Å². The van der Waals surface area contributed by atoms with E-state index in [0.29, 0.717) is 70.1 Å². The van der Waals surface area contributed by atoms with Gasteiger partial charge in [0, 0.05) is 57.3 Å². The number of aldehydes is 1. The van der Waals surface area contributed by atoms with Crippen LogP contribution in [0.5, 0.6) is 0 Å². The second-order valence-electron chi connectivity index (χ2n) is 17.6. The highest BCUT2D eigenvalue weighted by Gasteiger charge is 2.46. The molecule has 17 nitrogen and oxygen atoms in total. The molecule has 0 aromatic heterocycles. The van der Waals surface area contributed by atoms with Crippen LogP contribution in [0, 0.1) is 0 Å². The van der Waals surface area contributed by atoms with Crippen molar-refractivity contribution in [3.63, 3.8) is 0 Å². The van der Waals surface area contributed by atoms with E-state index in [4.69, 9.17) is 0 Å². The molecule has 1 aromatic rings. The molecule has 0 radical (unpaired) electrons. The van der Waals surface area contributed by atoms with Crippen molar-refractivity contribution in [3.05, 3.63) is 35.9 Å². The highest BCUT2D eigenvalue weighted by Crippen LogP contribution is 2.37. The first-order valence-corrected chi connectivity index (χ1v) is 23.1. The third kappa shape index (κ3) is 13.6. The molecule has 3 saturated heterocycles. The monoisotopic (exact) mass is 865 g/mol. The van der Waals surface area contributed by atoms with Crippen molar-refractivity contribution in [1.29, 1.82) is 0 Å². The number of rotatable bonds is 21. The third-order valence-electron chi connectivity index (χ3n) is 13.3. The largest absolute Gasteiger partial charge is 0.352 e. The molecule has 6 N–H and O–H groups in total. The van der Waals surface area contributed by atoms with Gasteiger partial charge < -0.3 is 56.3 Å². The van der Waals surface area contributed by atoms with Crippen LogP contribution in [0.2, 0.25) is 0 Å². The Labute approximate surface area is 367 Å². The van der Waals surface area contributed by atoms with Crippen LogP contribution in [0.15, 0.2) is 30.3 Å². The van der Waals surface area contributed by atoms with Crippen LogP contribution < -0.4 is 31.9 Å². The molecule has 1 aromatic carbocycles. The summed E-state index contributed by atoms with van der Waals surface area (Å²) in [7, 11) is 3.75. The molecular formula is C45H72N10O7. The minimum Gasteiger partial charge on any atom is -0.352 e. The predicted molar refractivity (Wildman–Crippen MR) is 236 cm³/mol. The van der Waals surface area contributed by atoms with Gasteiger partial charge in [-0.2, -0.15) is 0 Å². The average molecular weight is 865 g/mol. The molecule has 3 aliphatic heterocycles. The highest BCUT2D eigenvalue weighted by atomic mass is 16.2. The highest BCUT2D eigenvalue weighted by molar-refractivity contribution is 5.94. The fourth-order valence-electron chi connectivity index (χ4n) is 9.19. The first kappa shape index (κ1) is 48.3. The maximum Gasteiger partial charge on any atom is 0.317 e. The normalized spacial score (nSPS) is 24.7. The van der Waals surface area contributed by atoms with Gasteiger partial charge >= 0.3 is 12.1 Å². The number of carbonyl (C=O) groups excluding carboxylic acids is 7. The van der Waals surface area contributed by atoms with E-state index >= 15 is 0 Å². The summed E-state index contributed by atoms with van der Waals surface area (Å²) in [6.45, 7) is 6.27. The van der Waals surface area contributed by atoms with E-state index in [1.54, 1.807) is 35.6 Å². The minimum atomic E-state index is -1.01. The summed E-state index contributed by atoms with van der Waals surface area (Å²) in [5.74, 6) is -0.704. The summed E-state index contributed by atoms with van der Waals surface area (Å²) in [5, 5.41) is 17.7. The molecule has 0 spiro atoms. The van der Waals surface area contributed by atoms with Gasteiger partial charge in [-0.25, -0.2) is 9.59 Å². The second-order valence-corrected chi connectivity index (χ2v) is 17.6. The molecule has 5 rings (SSSR count). The maximum atomic E-state index is 14.3. The van der Waals surface area contributed by atoms with E-state index in [1.165, 1.54) is 5.56 Å². The minimum absolute atomic E-state index is 0.0155. The number of amides is 8. The van der Waals surface area contributed by atoms with E-state index in [0.717, 1.165) is 57.9 Å². The van der Waals surface area contributed by atoms with Crippen LogP contribution in [0.1, 0.15) is 109 Å². The molecule has 17 heteroatoms. The Morgan fingerprint density at radius 2 is 1.65 bits per heavy atom. The molecule has 3 unspecified atom stereocenters. The number of carbonyl (C=O) groups is 7. The Bertz CT molecular complexity index is 1660. The van der Waals surface area contributed by atoms with Crippen LogP contribution in [0.25, 0.3) is 0 Å². The molecule has 1 aliphatic carbocycles. The molecule has 0 bridgehead atoms. The van der Waals surface area contributed by atoms with Gasteiger partial charge in [0.05, 0.1) is 12.6 Å². The molecule has 6 atom stereocenters. The van der Waals surface area contributed by atoms with Crippen LogP contribution in [0.4, 0.5) is 9.59 Å². The molecule has 4 fully saturated rings. The summed E-state index contributed by atoms with van der Waals surface area (Å²) in [4.78, 5) is 98.8. The van der Waals surface area contributed by atoms with Crippen molar-refractivity contribution in [3.8, 4) is 0 Å². The Balaban J connectivity index is 1.06. The van der Waals surface area contributed by atoms with Gasteiger partial charge in [-0.15, -0.1) is 0 Å². The SMILES string of the molecule is CCC(=O)N[C@H](C=O)CN(CC[C@@H]1CCCN1C)C(=O)NCCCCCCNC(=O)N1CC[C@H]2CCC(C(=O)NC3CC(c4ccccc4)C3)N2C(=O)C(NC(=O)C(C)NC)C1. The van der Waals surface area contributed by atoms with E-state index < -0.39 is 24.2 Å². The van der Waals surface area contributed by atoms with Gasteiger partial charge in [0.2, 0.25) is 23.6 Å². The number of likely N-dealkylation sites (tertiary alicyclic amines) is 1. The van der Waals surface area contributed by atoms with Gasteiger partial charge in [-0.1, -0.05) is 50.1 Å². The van der Waals surface area contributed by atoms with E-state index in [9.17, 15) is 33.6 Å².